The average Bonchev–Trinajstić information content (AvgIpc) is 2.67. The Labute approximate surface area is 156 Å². The quantitative estimate of drug-likeness (QED) is 0.847. The average molecular weight is 373 g/mol. The molecule has 0 unspecified atom stereocenters. The van der Waals surface area contributed by atoms with Gasteiger partial charge in [0.15, 0.2) is 0 Å². The summed E-state index contributed by atoms with van der Waals surface area (Å²) in [6, 6.07) is 12.0. The maximum absolute atomic E-state index is 13.6. The van der Waals surface area contributed by atoms with Crippen molar-refractivity contribution < 1.29 is 18.4 Å². The molecule has 2 N–H and O–H groups in total. The lowest BCUT2D eigenvalue weighted by Gasteiger charge is -2.31. The van der Waals surface area contributed by atoms with Gasteiger partial charge in [-0.05, 0) is 37.1 Å². The van der Waals surface area contributed by atoms with Crippen LogP contribution in [0.25, 0.3) is 0 Å². The molecule has 7 heteroatoms. The van der Waals surface area contributed by atoms with Crippen LogP contribution in [-0.2, 0) is 4.79 Å². The van der Waals surface area contributed by atoms with Crippen LogP contribution < -0.4 is 10.6 Å². The van der Waals surface area contributed by atoms with Gasteiger partial charge in [0.2, 0.25) is 5.91 Å². The van der Waals surface area contributed by atoms with E-state index in [-0.39, 0.29) is 24.2 Å². The van der Waals surface area contributed by atoms with Crippen molar-refractivity contribution in [2.24, 2.45) is 0 Å². The fourth-order valence-electron chi connectivity index (χ4n) is 3.08. The molecule has 1 fully saturated rings. The third-order valence-electron chi connectivity index (χ3n) is 4.53. The van der Waals surface area contributed by atoms with E-state index < -0.39 is 17.5 Å². The Bertz CT molecular complexity index is 806. The van der Waals surface area contributed by atoms with Gasteiger partial charge in [0.25, 0.3) is 5.91 Å². The fraction of sp³-hybridized carbons (Fsp3) is 0.300. The normalized spacial score (nSPS) is 15.3. The number of anilines is 1. The molecule has 0 radical (unpaired) electrons. The standard InChI is InChI=1S/C20H21F2N3O2/c21-15-6-7-17(22)18(12-15)24-19(26)13-25-10-8-16(9-11-25)23-20(27)14-4-2-1-3-5-14/h1-7,12,16H,8-11,13H2,(H,23,27)(H,24,26). The van der Waals surface area contributed by atoms with Gasteiger partial charge < -0.3 is 10.6 Å². The first-order valence-corrected chi connectivity index (χ1v) is 8.84. The van der Waals surface area contributed by atoms with Crippen LogP contribution >= 0.6 is 0 Å². The zero-order valence-electron chi connectivity index (χ0n) is 14.8. The molecule has 0 spiro atoms. The summed E-state index contributed by atoms with van der Waals surface area (Å²) in [5.74, 6) is -1.78. The summed E-state index contributed by atoms with van der Waals surface area (Å²) < 4.78 is 26.7. The van der Waals surface area contributed by atoms with Crippen LogP contribution in [-0.4, -0.2) is 42.4 Å². The summed E-state index contributed by atoms with van der Waals surface area (Å²) in [5, 5.41) is 5.40. The number of hydrogen-bond donors (Lipinski definition) is 2. The van der Waals surface area contributed by atoms with Crippen LogP contribution in [0.1, 0.15) is 23.2 Å². The van der Waals surface area contributed by atoms with Gasteiger partial charge in [0.1, 0.15) is 11.6 Å². The van der Waals surface area contributed by atoms with Crippen LogP contribution in [0.15, 0.2) is 48.5 Å². The molecule has 0 bridgehead atoms. The molecule has 2 aromatic rings. The van der Waals surface area contributed by atoms with Crippen molar-refractivity contribution in [3.05, 3.63) is 65.7 Å². The predicted octanol–water partition coefficient (Wildman–Crippen LogP) is 2.80. The van der Waals surface area contributed by atoms with Gasteiger partial charge >= 0.3 is 0 Å². The molecule has 0 aromatic heterocycles. The van der Waals surface area contributed by atoms with Gasteiger partial charge in [-0.1, -0.05) is 18.2 Å². The van der Waals surface area contributed by atoms with Crippen molar-refractivity contribution in [1.29, 1.82) is 0 Å². The second kappa shape index (κ2) is 8.73. The van der Waals surface area contributed by atoms with E-state index in [1.807, 2.05) is 23.1 Å². The van der Waals surface area contributed by atoms with Gasteiger partial charge in [-0.15, -0.1) is 0 Å². The second-order valence-corrected chi connectivity index (χ2v) is 6.56. The number of benzene rings is 2. The molecule has 27 heavy (non-hydrogen) atoms. The maximum Gasteiger partial charge on any atom is 0.251 e. The maximum atomic E-state index is 13.6. The molecule has 2 aromatic carbocycles. The van der Waals surface area contributed by atoms with Gasteiger partial charge in [0, 0.05) is 30.8 Å². The van der Waals surface area contributed by atoms with E-state index in [0.29, 0.717) is 18.7 Å². The zero-order valence-corrected chi connectivity index (χ0v) is 14.8. The molecule has 0 atom stereocenters. The second-order valence-electron chi connectivity index (χ2n) is 6.56. The number of piperidine rings is 1. The topological polar surface area (TPSA) is 61.4 Å². The van der Waals surface area contributed by atoms with Gasteiger partial charge in [-0.2, -0.15) is 0 Å². The molecular formula is C20H21F2N3O2. The minimum Gasteiger partial charge on any atom is -0.349 e. The Morgan fingerprint density at radius 2 is 1.74 bits per heavy atom. The third kappa shape index (κ3) is 5.34. The molecule has 0 saturated carbocycles. The zero-order chi connectivity index (χ0) is 19.2. The summed E-state index contributed by atoms with van der Waals surface area (Å²) in [6.45, 7) is 1.37. The van der Waals surface area contributed by atoms with Crippen LogP contribution in [0.4, 0.5) is 14.5 Å². The molecule has 1 saturated heterocycles. The summed E-state index contributed by atoms with van der Waals surface area (Å²) in [6.07, 6.45) is 1.44. The van der Waals surface area contributed by atoms with Crippen LogP contribution in [0.5, 0.6) is 0 Å². The van der Waals surface area contributed by atoms with E-state index in [1.165, 1.54) is 0 Å². The number of carbonyl (C=O) groups excluding carboxylic acids is 2. The Hall–Kier alpha value is -2.80. The highest BCUT2D eigenvalue weighted by Crippen LogP contribution is 2.16. The van der Waals surface area contributed by atoms with Crippen LogP contribution in [0.3, 0.4) is 0 Å². The summed E-state index contributed by atoms with van der Waals surface area (Å²) in [4.78, 5) is 26.2. The summed E-state index contributed by atoms with van der Waals surface area (Å²) in [5.41, 5.74) is 0.460. The third-order valence-corrected chi connectivity index (χ3v) is 4.53. The first-order chi connectivity index (χ1) is 13.0. The summed E-state index contributed by atoms with van der Waals surface area (Å²) >= 11 is 0. The van der Waals surface area contributed by atoms with Crippen molar-refractivity contribution in [1.82, 2.24) is 10.2 Å². The van der Waals surface area contributed by atoms with Crippen LogP contribution in [0, 0.1) is 11.6 Å². The van der Waals surface area contributed by atoms with Crippen LogP contribution in [0.2, 0.25) is 0 Å². The monoisotopic (exact) mass is 373 g/mol. The highest BCUT2D eigenvalue weighted by molar-refractivity contribution is 5.94. The molecular weight excluding hydrogens is 352 g/mol. The van der Waals surface area contributed by atoms with E-state index in [0.717, 1.165) is 31.0 Å². The van der Waals surface area contributed by atoms with Gasteiger partial charge in [-0.3, -0.25) is 14.5 Å². The van der Waals surface area contributed by atoms with Crippen molar-refractivity contribution in [2.45, 2.75) is 18.9 Å². The van der Waals surface area contributed by atoms with Gasteiger partial charge in [0.05, 0.1) is 12.2 Å². The van der Waals surface area contributed by atoms with E-state index in [9.17, 15) is 18.4 Å². The molecule has 1 aliphatic rings. The Morgan fingerprint density at radius 1 is 1.04 bits per heavy atom. The van der Waals surface area contributed by atoms with Crippen molar-refractivity contribution in [3.8, 4) is 0 Å². The number of carbonyl (C=O) groups is 2. The lowest BCUT2D eigenvalue weighted by molar-refractivity contribution is -0.117. The number of nitrogens with one attached hydrogen (secondary N) is 2. The minimum absolute atomic E-state index is 0.0534. The molecule has 2 amide bonds. The highest BCUT2D eigenvalue weighted by atomic mass is 19.1. The largest absolute Gasteiger partial charge is 0.349 e. The fourth-order valence-corrected chi connectivity index (χ4v) is 3.08. The smallest absolute Gasteiger partial charge is 0.251 e. The highest BCUT2D eigenvalue weighted by Gasteiger charge is 2.22. The first kappa shape index (κ1) is 19.0. The number of hydrogen-bond acceptors (Lipinski definition) is 3. The molecule has 1 heterocycles. The number of nitrogens with zero attached hydrogens (tertiary/aromatic N) is 1. The van der Waals surface area contributed by atoms with E-state index in [2.05, 4.69) is 10.6 Å². The SMILES string of the molecule is O=C(CN1CCC(NC(=O)c2ccccc2)CC1)Nc1cc(F)ccc1F. The molecule has 1 aliphatic heterocycles. The molecule has 0 aliphatic carbocycles. The lowest BCUT2D eigenvalue weighted by atomic mass is 10.0. The van der Waals surface area contributed by atoms with Crippen molar-refractivity contribution >= 4 is 17.5 Å². The molecule has 3 rings (SSSR count). The van der Waals surface area contributed by atoms with E-state index in [1.54, 1.807) is 12.1 Å². The van der Waals surface area contributed by atoms with E-state index in [4.69, 9.17) is 0 Å². The van der Waals surface area contributed by atoms with E-state index >= 15 is 0 Å². The Morgan fingerprint density at radius 3 is 2.44 bits per heavy atom. The first-order valence-electron chi connectivity index (χ1n) is 8.84. The summed E-state index contributed by atoms with van der Waals surface area (Å²) in [7, 11) is 0. The number of amides is 2. The molecule has 142 valence electrons. The number of rotatable bonds is 5. The van der Waals surface area contributed by atoms with Gasteiger partial charge in [-0.25, -0.2) is 8.78 Å². The predicted molar refractivity (Wildman–Crippen MR) is 98.4 cm³/mol. The Balaban J connectivity index is 1.44. The van der Waals surface area contributed by atoms with Crippen molar-refractivity contribution in [3.63, 3.8) is 0 Å². The number of likely N-dealkylation sites (tertiary alicyclic amines) is 1. The molecule has 5 nitrogen and oxygen atoms in total. The minimum atomic E-state index is -0.674. The van der Waals surface area contributed by atoms with Crippen molar-refractivity contribution in [2.75, 3.05) is 25.0 Å². The number of halogens is 2. The Kier molecular flexibility index (Phi) is 6.13. The lowest BCUT2D eigenvalue weighted by Crippen LogP contribution is -2.46.